The number of halogens is 4. The number of nitrogens with zero attached hydrogens (tertiary/aromatic N) is 4. The average molecular weight is 694 g/mol. The summed E-state index contributed by atoms with van der Waals surface area (Å²) in [6.45, 7) is 0. The maximum Gasteiger partial charge on any atom is 0.258 e. The summed E-state index contributed by atoms with van der Waals surface area (Å²) in [4.78, 5) is 50.1. The summed E-state index contributed by atoms with van der Waals surface area (Å²) in [6, 6.07) is 13.0. The molecule has 6 rings (SSSR count). The minimum absolute atomic E-state index is 0.00606. The summed E-state index contributed by atoms with van der Waals surface area (Å²) in [7, 11) is 0. The van der Waals surface area contributed by atoms with Gasteiger partial charge in [-0.05, 0) is 62.1 Å². The van der Waals surface area contributed by atoms with E-state index in [-0.39, 0.29) is 53.0 Å². The van der Waals surface area contributed by atoms with Gasteiger partial charge in [-0.2, -0.15) is 5.26 Å². The molecule has 1 saturated heterocycles. The highest BCUT2D eigenvalue weighted by Crippen LogP contribution is 2.39. The molecule has 3 fully saturated rings. The SMILES string of the molecule is N#Cc1ccnc(N2C(=O)[C@@H](OC3CCCC3)C[C@H]2C(=O)N(c2cccc(F)c2)[C@H](C(=O)NC2CCC(F)(F)CC2)c2ccccc2Cl)c1. The molecule has 3 amide bonds. The molecule has 3 atom stereocenters. The average Bonchev–Trinajstić information content (AvgIpc) is 3.72. The van der Waals surface area contributed by atoms with Crippen molar-refractivity contribution in [3.63, 3.8) is 0 Å². The minimum atomic E-state index is -2.83. The smallest absolute Gasteiger partial charge is 0.258 e. The molecule has 2 aliphatic carbocycles. The second-order valence-electron chi connectivity index (χ2n) is 12.8. The first-order valence-electron chi connectivity index (χ1n) is 16.4. The van der Waals surface area contributed by atoms with Gasteiger partial charge >= 0.3 is 0 Å². The van der Waals surface area contributed by atoms with Crippen LogP contribution in [0.25, 0.3) is 0 Å². The molecule has 256 valence electrons. The Kier molecular flexibility index (Phi) is 10.2. The fraction of sp³-hybridized carbons (Fsp3) is 0.417. The van der Waals surface area contributed by atoms with Crippen LogP contribution in [0.1, 0.15) is 75.0 Å². The van der Waals surface area contributed by atoms with Crippen molar-refractivity contribution in [2.24, 2.45) is 0 Å². The Morgan fingerprint density at radius 3 is 2.49 bits per heavy atom. The number of aromatic nitrogens is 1. The van der Waals surface area contributed by atoms with Crippen molar-refractivity contribution in [3.8, 4) is 6.07 Å². The minimum Gasteiger partial charge on any atom is -0.365 e. The highest BCUT2D eigenvalue weighted by Gasteiger charge is 2.50. The number of anilines is 2. The number of hydrogen-bond acceptors (Lipinski definition) is 6. The molecule has 0 bridgehead atoms. The van der Waals surface area contributed by atoms with Crippen LogP contribution < -0.4 is 15.1 Å². The zero-order chi connectivity index (χ0) is 34.7. The van der Waals surface area contributed by atoms with E-state index in [1.807, 2.05) is 6.07 Å². The summed E-state index contributed by atoms with van der Waals surface area (Å²) in [5.74, 6) is -5.47. The molecule has 3 aliphatic rings. The van der Waals surface area contributed by atoms with Gasteiger partial charge in [0.25, 0.3) is 11.8 Å². The Morgan fingerprint density at radius 2 is 1.80 bits per heavy atom. The second-order valence-corrected chi connectivity index (χ2v) is 13.2. The van der Waals surface area contributed by atoms with E-state index in [0.29, 0.717) is 0 Å². The van der Waals surface area contributed by atoms with Crippen LogP contribution >= 0.6 is 11.6 Å². The van der Waals surface area contributed by atoms with E-state index >= 15 is 4.79 Å². The third kappa shape index (κ3) is 7.58. The molecule has 2 heterocycles. The molecule has 13 heteroatoms. The van der Waals surface area contributed by atoms with Crippen molar-refractivity contribution < 1.29 is 32.3 Å². The number of pyridine rings is 1. The van der Waals surface area contributed by atoms with Crippen LogP contribution in [-0.4, -0.2) is 52.9 Å². The predicted octanol–water partition coefficient (Wildman–Crippen LogP) is 6.65. The van der Waals surface area contributed by atoms with Crippen LogP contribution in [0.3, 0.4) is 0 Å². The molecule has 0 unspecified atom stereocenters. The fourth-order valence-corrected chi connectivity index (χ4v) is 7.18. The Bertz CT molecular complexity index is 1750. The Balaban J connectivity index is 1.44. The van der Waals surface area contributed by atoms with Crippen molar-refractivity contribution in [1.29, 1.82) is 5.26 Å². The van der Waals surface area contributed by atoms with Gasteiger partial charge in [0.05, 0.1) is 17.7 Å². The van der Waals surface area contributed by atoms with Crippen LogP contribution in [0.15, 0.2) is 66.9 Å². The van der Waals surface area contributed by atoms with E-state index in [4.69, 9.17) is 16.3 Å². The molecule has 1 N–H and O–H groups in total. The third-order valence-corrected chi connectivity index (χ3v) is 9.77. The number of carbonyl (C=O) groups excluding carboxylic acids is 3. The van der Waals surface area contributed by atoms with Crippen molar-refractivity contribution in [3.05, 3.63) is 88.8 Å². The van der Waals surface area contributed by atoms with Gasteiger partial charge in [-0.3, -0.25) is 24.2 Å². The lowest BCUT2D eigenvalue weighted by molar-refractivity contribution is -0.130. The molecule has 3 aromatic rings. The molecule has 0 radical (unpaired) electrons. The number of hydrogen-bond donors (Lipinski definition) is 1. The summed E-state index contributed by atoms with van der Waals surface area (Å²) in [5, 5.41) is 12.6. The van der Waals surface area contributed by atoms with Crippen LogP contribution in [0.4, 0.5) is 24.7 Å². The largest absolute Gasteiger partial charge is 0.365 e. The molecular weight excluding hydrogens is 659 g/mol. The fourth-order valence-electron chi connectivity index (χ4n) is 6.94. The Labute approximate surface area is 287 Å². The first-order valence-corrected chi connectivity index (χ1v) is 16.8. The molecule has 1 aromatic heterocycles. The predicted molar refractivity (Wildman–Crippen MR) is 175 cm³/mol. The maximum atomic E-state index is 15.1. The van der Waals surface area contributed by atoms with Gasteiger partial charge < -0.3 is 10.1 Å². The first-order chi connectivity index (χ1) is 23.5. The van der Waals surface area contributed by atoms with Crippen molar-refractivity contribution >= 4 is 40.8 Å². The lowest BCUT2D eigenvalue weighted by atomic mass is 9.91. The van der Waals surface area contributed by atoms with Crippen LogP contribution in [0, 0.1) is 17.1 Å². The Hall–Kier alpha value is -4.47. The van der Waals surface area contributed by atoms with Gasteiger partial charge in [0.1, 0.15) is 29.8 Å². The van der Waals surface area contributed by atoms with E-state index in [1.165, 1.54) is 41.4 Å². The molecule has 9 nitrogen and oxygen atoms in total. The summed E-state index contributed by atoms with van der Waals surface area (Å²) in [6.07, 6.45) is 2.72. The molecule has 0 spiro atoms. The maximum absolute atomic E-state index is 15.1. The van der Waals surface area contributed by atoms with Gasteiger partial charge in [0.15, 0.2) is 0 Å². The van der Waals surface area contributed by atoms with Crippen molar-refractivity contribution in [2.75, 3.05) is 9.80 Å². The van der Waals surface area contributed by atoms with E-state index in [1.54, 1.807) is 24.3 Å². The highest BCUT2D eigenvalue weighted by atomic mass is 35.5. The van der Waals surface area contributed by atoms with E-state index in [9.17, 15) is 28.0 Å². The Morgan fingerprint density at radius 1 is 1.06 bits per heavy atom. The zero-order valence-corrected chi connectivity index (χ0v) is 27.3. The summed E-state index contributed by atoms with van der Waals surface area (Å²) >= 11 is 6.65. The molecular formula is C36H35ClF3N5O4. The normalized spacial score (nSPS) is 21.7. The highest BCUT2D eigenvalue weighted by molar-refractivity contribution is 6.31. The number of ether oxygens (including phenoxy) is 1. The third-order valence-electron chi connectivity index (χ3n) is 9.42. The number of amides is 3. The monoisotopic (exact) mass is 693 g/mol. The van der Waals surface area contributed by atoms with Crippen molar-refractivity contribution in [2.45, 2.75) is 94.0 Å². The molecule has 2 aromatic carbocycles. The lowest BCUT2D eigenvalue weighted by Gasteiger charge is -2.37. The van der Waals surface area contributed by atoms with Gasteiger partial charge in [0.2, 0.25) is 11.8 Å². The molecule has 1 aliphatic heterocycles. The number of carbonyl (C=O) groups is 3. The van der Waals surface area contributed by atoms with Crippen LogP contribution in [0.5, 0.6) is 0 Å². The van der Waals surface area contributed by atoms with E-state index in [0.717, 1.165) is 36.6 Å². The number of rotatable bonds is 9. The number of nitrogens with one attached hydrogen (secondary N) is 1. The standard InChI is InChI=1S/C36H35ClF3N5O4/c37-28-11-4-3-10-27(28)32(33(46)43-24-12-15-36(39,40)16-13-24)44(25-7-5-6-23(38)19-25)34(47)29-20-30(49-26-8-1-2-9-26)35(48)45(29)31-18-22(21-41)14-17-42-31/h3-7,10-11,14,17-19,24,26,29-30,32H,1-2,8-9,12-13,15-16,20H2,(H,43,46)/t29-,30-,32-/m0/s1. The van der Waals surface area contributed by atoms with Gasteiger partial charge in [0, 0.05) is 47.8 Å². The quantitative estimate of drug-likeness (QED) is 0.269. The van der Waals surface area contributed by atoms with E-state index < -0.39 is 66.5 Å². The van der Waals surface area contributed by atoms with Crippen LogP contribution in [-0.2, 0) is 19.1 Å². The number of alkyl halides is 2. The lowest BCUT2D eigenvalue weighted by Crippen LogP contribution is -2.53. The number of benzene rings is 2. The zero-order valence-electron chi connectivity index (χ0n) is 26.5. The topological polar surface area (TPSA) is 116 Å². The number of nitriles is 1. The van der Waals surface area contributed by atoms with Gasteiger partial charge in [-0.1, -0.05) is 48.7 Å². The van der Waals surface area contributed by atoms with Gasteiger partial charge in [-0.25, -0.2) is 18.2 Å². The molecule has 2 saturated carbocycles. The van der Waals surface area contributed by atoms with Crippen molar-refractivity contribution in [1.82, 2.24) is 10.3 Å². The van der Waals surface area contributed by atoms with E-state index in [2.05, 4.69) is 10.3 Å². The summed E-state index contributed by atoms with van der Waals surface area (Å²) in [5.41, 5.74) is 0.420. The van der Waals surface area contributed by atoms with Gasteiger partial charge in [-0.15, -0.1) is 0 Å². The first kappa shape index (κ1) is 34.4. The second kappa shape index (κ2) is 14.6. The summed E-state index contributed by atoms with van der Waals surface area (Å²) < 4.78 is 49.1. The molecule has 49 heavy (non-hydrogen) atoms. The van der Waals surface area contributed by atoms with Crippen LogP contribution in [0.2, 0.25) is 5.02 Å².